The van der Waals surface area contributed by atoms with Crippen molar-refractivity contribution in [2.75, 3.05) is 5.43 Å². The molecule has 0 fully saturated rings. The molecule has 10 heteroatoms. The summed E-state index contributed by atoms with van der Waals surface area (Å²) < 4.78 is 0. The first-order chi connectivity index (χ1) is 9.11. The van der Waals surface area contributed by atoms with Crippen LogP contribution in [0.2, 0.25) is 0 Å². The van der Waals surface area contributed by atoms with Crippen LogP contribution >= 0.6 is 11.8 Å². The fourth-order valence-electron chi connectivity index (χ4n) is 1.31. The minimum Gasteiger partial charge on any atom is -0.292 e. The molecule has 0 amide bonds. The van der Waals surface area contributed by atoms with Crippen LogP contribution in [0.1, 0.15) is 5.69 Å². The SMILES string of the molecule is Cc1nc(NN)nc(Sc2ncccn2)c1[N+](=O)[O-]. The molecule has 3 N–H and O–H groups in total. The van der Waals surface area contributed by atoms with Crippen LogP contribution in [-0.2, 0) is 0 Å². The second-order valence-electron chi connectivity index (χ2n) is 3.32. The molecule has 0 aliphatic carbocycles. The van der Waals surface area contributed by atoms with E-state index >= 15 is 0 Å². The average Bonchev–Trinajstić information content (AvgIpc) is 2.38. The number of hydrogen-bond acceptors (Lipinski definition) is 9. The number of anilines is 1. The quantitative estimate of drug-likeness (QED) is 0.275. The molecule has 2 aromatic heterocycles. The lowest BCUT2D eigenvalue weighted by atomic mass is 10.4. The number of hydrogen-bond donors (Lipinski definition) is 2. The van der Waals surface area contributed by atoms with E-state index in [-0.39, 0.29) is 22.4 Å². The number of hydrazine groups is 1. The molecule has 19 heavy (non-hydrogen) atoms. The zero-order valence-electron chi connectivity index (χ0n) is 9.77. The molecular formula is C9H9N7O2S. The number of nitrogens with one attached hydrogen (secondary N) is 1. The van der Waals surface area contributed by atoms with E-state index in [1.54, 1.807) is 6.07 Å². The molecule has 9 nitrogen and oxygen atoms in total. The van der Waals surface area contributed by atoms with Gasteiger partial charge in [-0.3, -0.25) is 15.5 Å². The largest absolute Gasteiger partial charge is 0.322 e. The van der Waals surface area contributed by atoms with E-state index < -0.39 is 4.92 Å². The van der Waals surface area contributed by atoms with Gasteiger partial charge in [-0.05, 0) is 24.8 Å². The minimum atomic E-state index is -0.541. The summed E-state index contributed by atoms with van der Waals surface area (Å²) in [6.07, 6.45) is 3.08. The van der Waals surface area contributed by atoms with Crippen molar-refractivity contribution in [2.24, 2.45) is 5.84 Å². The van der Waals surface area contributed by atoms with Crippen LogP contribution in [0.4, 0.5) is 11.6 Å². The highest BCUT2D eigenvalue weighted by atomic mass is 32.2. The predicted molar refractivity (Wildman–Crippen MR) is 67.4 cm³/mol. The monoisotopic (exact) mass is 279 g/mol. The maximum absolute atomic E-state index is 11.1. The molecule has 0 bridgehead atoms. The number of nitrogen functional groups attached to an aromatic ring is 1. The zero-order chi connectivity index (χ0) is 13.8. The number of nitrogens with zero attached hydrogens (tertiary/aromatic N) is 5. The summed E-state index contributed by atoms with van der Waals surface area (Å²) in [5.74, 6) is 5.32. The third kappa shape index (κ3) is 2.92. The smallest absolute Gasteiger partial charge is 0.292 e. The highest BCUT2D eigenvalue weighted by molar-refractivity contribution is 7.99. The van der Waals surface area contributed by atoms with Gasteiger partial charge >= 0.3 is 5.69 Å². The lowest BCUT2D eigenvalue weighted by molar-refractivity contribution is -0.389. The lowest BCUT2D eigenvalue weighted by Gasteiger charge is -2.05. The first-order valence-electron chi connectivity index (χ1n) is 5.06. The molecule has 0 saturated carbocycles. The predicted octanol–water partition coefficient (Wildman–Crippen LogP) is 0.920. The van der Waals surface area contributed by atoms with E-state index in [0.717, 1.165) is 11.8 Å². The molecule has 0 atom stereocenters. The normalized spacial score (nSPS) is 10.2. The number of aryl methyl sites for hydroxylation is 1. The summed E-state index contributed by atoms with van der Waals surface area (Å²) in [5.41, 5.74) is 2.29. The first kappa shape index (κ1) is 13.1. The molecule has 2 aromatic rings. The van der Waals surface area contributed by atoms with Gasteiger partial charge in [0.2, 0.25) is 5.95 Å². The summed E-state index contributed by atoms with van der Waals surface area (Å²) in [6.45, 7) is 1.51. The van der Waals surface area contributed by atoms with Crippen LogP contribution in [-0.4, -0.2) is 24.9 Å². The van der Waals surface area contributed by atoms with Gasteiger partial charge in [-0.15, -0.1) is 0 Å². The van der Waals surface area contributed by atoms with Crippen molar-refractivity contribution < 1.29 is 4.92 Å². The standard InChI is InChI=1S/C9H9N7O2S/c1-5-6(16(17)18)7(14-8(13-5)15-10)19-9-11-3-2-4-12-9/h2-4H,10H2,1H3,(H,13,14,15). The average molecular weight is 279 g/mol. The van der Waals surface area contributed by atoms with E-state index in [4.69, 9.17) is 5.84 Å². The fraction of sp³-hybridized carbons (Fsp3) is 0.111. The van der Waals surface area contributed by atoms with E-state index in [1.165, 1.54) is 19.3 Å². The van der Waals surface area contributed by atoms with Crippen LogP contribution in [0.25, 0.3) is 0 Å². The van der Waals surface area contributed by atoms with Gasteiger partial charge in [0.25, 0.3) is 0 Å². The van der Waals surface area contributed by atoms with Gasteiger partial charge in [-0.1, -0.05) is 0 Å². The molecule has 0 aliphatic heterocycles. The van der Waals surface area contributed by atoms with Gasteiger partial charge in [0.05, 0.1) is 4.92 Å². The molecule has 0 spiro atoms. The molecule has 0 radical (unpaired) electrons. The van der Waals surface area contributed by atoms with Gasteiger partial charge in [0.1, 0.15) is 5.69 Å². The van der Waals surface area contributed by atoms with E-state index in [0.29, 0.717) is 5.16 Å². The number of nitro groups is 1. The molecule has 0 aliphatic rings. The zero-order valence-corrected chi connectivity index (χ0v) is 10.6. The summed E-state index contributed by atoms with van der Waals surface area (Å²) in [7, 11) is 0. The molecule has 0 saturated heterocycles. The topological polar surface area (TPSA) is 133 Å². The van der Waals surface area contributed by atoms with Crippen molar-refractivity contribution in [1.82, 2.24) is 19.9 Å². The maximum Gasteiger partial charge on any atom is 0.322 e. The molecule has 2 rings (SSSR count). The van der Waals surface area contributed by atoms with Crippen molar-refractivity contribution in [2.45, 2.75) is 17.1 Å². The third-order valence-electron chi connectivity index (χ3n) is 2.07. The fourth-order valence-corrected chi connectivity index (χ4v) is 2.16. The number of nitrogens with two attached hydrogens (primary N) is 1. The van der Waals surface area contributed by atoms with Crippen LogP contribution in [0.3, 0.4) is 0 Å². The van der Waals surface area contributed by atoms with Crippen molar-refractivity contribution in [3.63, 3.8) is 0 Å². The summed E-state index contributed by atoms with van der Waals surface area (Å²) in [5, 5.41) is 11.5. The Morgan fingerprint density at radius 3 is 2.63 bits per heavy atom. The number of aromatic nitrogens is 4. The van der Waals surface area contributed by atoms with Gasteiger partial charge in [-0.2, -0.15) is 4.98 Å². The summed E-state index contributed by atoms with van der Waals surface area (Å²) in [6, 6.07) is 1.65. The Bertz CT molecular complexity index is 607. The van der Waals surface area contributed by atoms with Crippen LogP contribution in [0.5, 0.6) is 0 Å². The second-order valence-corrected chi connectivity index (χ2v) is 4.28. The molecule has 0 unspecified atom stereocenters. The number of rotatable bonds is 4. The Morgan fingerprint density at radius 1 is 1.37 bits per heavy atom. The Kier molecular flexibility index (Phi) is 3.82. The first-order valence-corrected chi connectivity index (χ1v) is 5.88. The lowest BCUT2D eigenvalue weighted by Crippen LogP contribution is -2.12. The Morgan fingerprint density at radius 2 is 2.05 bits per heavy atom. The van der Waals surface area contributed by atoms with Crippen molar-refractivity contribution in [3.05, 3.63) is 34.3 Å². The van der Waals surface area contributed by atoms with Crippen LogP contribution in [0.15, 0.2) is 28.6 Å². The Labute approximate surface area is 111 Å². The third-order valence-corrected chi connectivity index (χ3v) is 2.94. The van der Waals surface area contributed by atoms with Crippen LogP contribution in [0, 0.1) is 17.0 Å². The highest BCUT2D eigenvalue weighted by Gasteiger charge is 2.23. The summed E-state index contributed by atoms with van der Waals surface area (Å²) in [4.78, 5) is 26.3. The molecular weight excluding hydrogens is 270 g/mol. The van der Waals surface area contributed by atoms with Crippen molar-refractivity contribution in [1.29, 1.82) is 0 Å². The molecule has 0 aromatic carbocycles. The van der Waals surface area contributed by atoms with Gasteiger partial charge in [-0.25, -0.2) is 20.8 Å². The minimum absolute atomic E-state index is 0.0986. The maximum atomic E-state index is 11.1. The molecule has 98 valence electrons. The van der Waals surface area contributed by atoms with Crippen molar-refractivity contribution in [3.8, 4) is 0 Å². The van der Waals surface area contributed by atoms with Gasteiger partial charge < -0.3 is 0 Å². The Hall–Kier alpha value is -2.33. The van der Waals surface area contributed by atoms with Gasteiger partial charge in [0, 0.05) is 12.4 Å². The van der Waals surface area contributed by atoms with E-state index in [1.807, 2.05) is 0 Å². The highest BCUT2D eigenvalue weighted by Crippen LogP contribution is 2.33. The van der Waals surface area contributed by atoms with Gasteiger partial charge in [0.15, 0.2) is 10.2 Å². The summed E-state index contributed by atoms with van der Waals surface area (Å²) >= 11 is 0.976. The van der Waals surface area contributed by atoms with Crippen LogP contribution < -0.4 is 11.3 Å². The Balaban J connectivity index is 2.48. The molecule has 2 heterocycles. The second kappa shape index (κ2) is 5.54. The van der Waals surface area contributed by atoms with E-state index in [2.05, 4.69) is 25.4 Å². The van der Waals surface area contributed by atoms with Crippen molar-refractivity contribution >= 4 is 23.4 Å². The van der Waals surface area contributed by atoms with E-state index in [9.17, 15) is 10.1 Å².